The highest BCUT2D eigenvalue weighted by Gasteiger charge is 2.74. The molecule has 4 aliphatic heterocycles. The van der Waals surface area contributed by atoms with Crippen molar-refractivity contribution in [2.24, 2.45) is 11.8 Å². The maximum absolute atomic E-state index is 14.6. The van der Waals surface area contributed by atoms with Gasteiger partial charge in [0.15, 0.2) is 0 Å². The quantitative estimate of drug-likeness (QED) is 0.299. The molecule has 238 valence electrons. The highest BCUT2D eigenvalue weighted by molar-refractivity contribution is 6.34. The van der Waals surface area contributed by atoms with E-state index in [9.17, 15) is 19.5 Å². The van der Waals surface area contributed by atoms with Crippen molar-refractivity contribution in [2.75, 3.05) is 42.6 Å². The predicted molar refractivity (Wildman–Crippen MR) is 172 cm³/mol. The van der Waals surface area contributed by atoms with Crippen molar-refractivity contribution in [3.63, 3.8) is 0 Å². The van der Waals surface area contributed by atoms with Gasteiger partial charge < -0.3 is 29.3 Å². The van der Waals surface area contributed by atoms with Crippen LogP contribution in [0, 0.1) is 11.8 Å². The van der Waals surface area contributed by atoms with E-state index >= 15 is 0 Å². The van der Waals surface area contributed by atoms with E-state index in [1.165, 1.54) is 0 Å². The first kappa shape index (κ1) is 31.3. The Bertz CT molecular complexity index is 1510. The number of rotatable bonds is 10. The number of benzene rings is 2. The van der Waals surface area contributed by atoms with Crippen LogP contribution in [-0.4, -0.2) is 77.8 Å². The normalized spacial score (nSPS) is 29.0. The lowest BCUT2D eigenvalue weighted by Gasteiger charge is -2.37. The maximum Gasteiger partial charge on any atom is 0.253 e. The van der Waals surface area contributed by atoms with Crippen molar-refractivity contribution >= 4 is 40.7 Å². The summed E-state index contributed by atoms with van der Waals surface area (Å²) in [6, 6.07) is 13.5. The number of anilines is 2. The summed E-state index contributed by atoms with van der Waals surface area (Å²) in [5.41, 5.74) is -1.22. The van der Waals surface area contributed by atoms with Gasteiger partial charge in [-0.3, -0.25) is 14.4 Å². The summed E-state index contributed by atoms with van der Waals surface area (Å²) in [5, 5.41) is 9.66. The van der Waals surface area contributed by atoms with Crippen LogP contribution >= 0.6 is 11.6 Å². The molecule has 4 heterocycles. The summed E-state index contributed by atoms with van der Waals surface area (Å²) in [5.74, 6) is -1.83. The first-order chi connectivity index (χ1) is 21.8. The van der Waals surface area contributed by atoms with Gasteiger partial charge in [0, 0.05) is 31.9 Å². The molecule has 2 aromatic rings. The zero-order chi connectivity index (χ0) is 31.8. The molecule has 6 rings (SSSR count). The van der Waals surface area contributed by atoms with Crippen molar-refractivity contribution in [3.8, 4) is 5.75 Å². The van der Waals surface area contributed by atoms with Crippen LogP contribution in [0.15, 0.2) is 72.8 Å². The Labute approximate surface area is 269 Å². The second-order valence-corrected chi connectivity index (χ2v) is 12.7. The molecule has 2 aromatic carbocycles. The Morgan fingerprint density at radius 1 is 0.889 bits per heavy atom. The number of fused-ring (bicyclic) bond motifs is 2. The average Bonchev–Trinajstić information content (AvgIpc) is 3.29. The monoisotopic (exact) mass is 633 g/mol. The molecule has 45 heavy (non-hydrogen) atoms. The van der Waals surface area contributed by atoms with E-state index in [-0.39, 0.29) is 30.9 Å². The van der Waals surface area contributed by atoms with Gasteiger partial charge >= 0.3 is 0 Å². The number of hydrogen-bond donors (Lipinski definition) is 1. The van der Waals surface area contributed by atoms with E-state index in [0.29, 0.717) is 54.7 Å². The van der Waals surface area contributed by atoms with E-state index in [4.69, 9.17) is 21.1 Å². The third kappa shape index (κ3) is 5.34. The fourth-order valence-corrected chi connectivity index (χ4v) is 7.75. The molecule has 3 amide bonds. The lowest BCUT2D eigenvalue weighted by Crippen LogP contribution is -2.56. The number of ether oxygens (including phenoxy) is 2. The number of carbonyl (C=O) groups is 3. The molecule has 0 aliphatic carbocycles. The summed E-state index contributed by atoms with van der Waals surface area (Å²) in [4.78, 5) is 48.8. The second kappa shape index (κ2) is 12.6. The largest absolute Gasteiger partial charge is 0.494 e. The average molecular weight is 634 g/mol. The number of para-hydroxylation sites is 1. The van der Waals surface area contributed by atoms with E-state index < -0.39 is 29.1 Å². The third-order valence-corrected chi connectivity index (χ3v) is 9.79. The van der Waals surface area contributed by atoms with Gasteiger partial charge in [-0.15, -0.1) is 0 Å². The van der Waals surface area contributed by atoms with Gasteiger partial charge in [-0.2, -0.15) is 0 Å². The van der Waals surface area contributed by atoms with Gasteiger partial charge in [-0.1, -0.05) is 60.9 Å². The number of likely N-dealkylation sites (tertiary alicyclic amines) is 1. The summed E-state index contributed by atoms with van der Waals surface area (Å²) >= 11 is 6.57. The lowest BCUT2D eigenvalue weighted by atomic mass is 9.74. The van der Waals surface area contributed by atoms with Crippen molar-refractivity contribution in [3.05, 3.63) is 77.9 Å². The van der Waals surface area contributed by atoms with Crippen molar-refractivity contribution in [2.45, 2.75) is 56.8 Å². The smallest absolute Gasteiger partial charge is 0.253 e. The van der Waals surface area contributed by atoms with Crippen LogP contribution in [-0.2, 0) is 19.1 Å². The Kier molecular flexibility index (Phi) is 8.78. The Morgan fingerprint density at radius 3 is 2.33 bits per heavy atom. The van der Waals surface area contributed by atoms with Crippen LogP contribution in [0.5, 0.6) is 5.75 Å². The maximum atomic E-state index is 14.6. The Morgan fingerprint density at radius 2 is 1.60 bits per heavy atom. The third-order valence-electron chi connectivity index (χ3n) is 9.47. The molecule has 1 N–H and O–H groups in total. The van der Waals surface area contributed by atoms with E-state index in [0.717, 1.165) is 12.8 Å². The molecular formula is C35H40ClN3O6. The highest BCUT2D eigenvalue weighted by Crippen LogP contribution is 2.58. The number of halogens is 1. The number of carbonyl (C=O) groups excluding carboxylic acids is 3. The van der Waals surface area contributed by atoms with Gasteiger partial charge in [-0.25, -0.2) is 0 Å². The summed E-state index contributed by atoms with van der Waals surface area (Å²) < 4.78 is 12.5. The van der Waals surface area contributed by atoms with Crippen LogP contribution < -0.4 is 14.5 Å². The van der Waals surface area contributed by atoms with Crippen LogP contribution in [0.2, 0.25) is 5.02 Å². The van der Waals surface area contributed by atoms with Crippen LogP contribution in [0.4, 0.5) is 11.4 Å². The van der Waals surface area contributed by atoms with Crippen molar-refractivity contribution in [1.82, 2.24) is 4.90 Å². The topological polar surface area (TPSA) is 99.6 Å². The van der Waals surface area contributed by atoms with E-state index in [1.54, 1.807) is 26.8 Å². The first-order valence-electron chi connectivity index (χ1n) is 15.8. The molecule has 0 saturated carbocycles. The van der Waals surface area contributed by atoms with Crippen molar-refractivity contribution in [1.29, 1.82) is 0 Å². The molecule has 4 aliphatic rings. The van der Waals surface area contributed by atoms with E-state index in [1.807, 2.05) is 74.5 Å². The van der Waals surface area contributed by atoms with Gasteiger partial charge in [0.05, 0.1) is 34.8 Å². The van der Waals surface area contributed by atoms with Gasteiger partial charge in [0.1, 0.15) is 17.4 Å². The second-order valence-electron chi connectivity index (χ2n) is 12.2. The number of unbranched alkanes of at least 4 members (excludes halogenated alkanes) is 3. The SMILES string of the molecule is CCOc1ccc(N2CC=C[C@]3(C)O[C@]45C=CCN(c6ccccc6Cl)C(=O)C4N(CCCCCCO)C(=O)[C@@H]5[C@@H]3C2=O)cc1. The van der Waals surface area contributed by atoms with Crippen LogP contribution in [0.3, 0.4) is 0 Å². The van der Waals surface area contributed by atoms with Gasteiger partial charge in [-0.05, 0) is 63.1 Å². The summed E-state index contributed by atoms with van der Waals surface area (Å²) in [6.45, 7) is 5.32. The van der Waals surface area contributed by atoms with Gasteiger partial charge in [0.25, 0.3) is 5.91 Å². The van der Waals surface area contributed by atoms with Crippen molar-refractivity contribution < 1.29 is 29.0 Å². The number of nitrogens with zero attached hydrogens (tertiary/aromatic N) is 3. The molecule has 2 fully saturated rings. The summed E-state index contributed by atoms with van der Waals surface area (Å²) in [6.07, 6.45) is 10.4. The fraction of sp³-hybridized carbons (Fsp3) is 0.457. The fourth-order valence-electron chi connectivity index (χ4n) is 7.52. The first-order valence-corrected chi connectivity index (χ1v) is 16.2. The Balaban J connectivity index is 1.40. The number of amides is 3. The lowest BCUT2D eigenvalue weighted by molar-refractivity contribution is -0.144. The number of aliphatic hydroxyl groups excluding tert-OH is 1. The molecule has 2 saturated heterocycles. The zero-order valence-electron chi connectivity index (χ0n) is 25.7. The van der Waals surface area contributed by atoms with Crippen LogP contribution in [0.1, 0.15) is 39.5 Å². The molecular weight excluding hydrogens is 594 g/mol. The predicted octanol–water partition coefficient (Wildman–Crippen LogP) is 4.77. The minimum Gasteiger partial charge on any atom is -0.494 e. The molecule has 1 spiro atoms. The number of aliphatic hydroxyl groups is 1. The van der Waals surface area contributed by atoms with E-state index in [2.05, 4.69) is 0 Å². The standard InChI is InChI=1S/C35H40ClN3O6/c1-3-44-25-16-14-24(15-17-25)37-21-10-18-34(2)28(31(37)41)29-32(42)39(20-8-4-5-9-23-40)30-33(43)38(22-11-19-35(29,30)45-34)27-13-7-6-12-26(27)36/h6-7,10-19,28-30,40H,3-5,8-9,20-23H2,1-2H3/t28-,29+,30?,34+,35+/m1/s1. The highest BCUT2D eigenvalue weighted by atomic mass is 35.5. The molecule has 0 aromatic heterocycles. The molecule has 0 bridgehead atoms. The molecule has 0 radical (unpaired) electrons. The Hall–Kier alpha value is -3.66. The molecule has 1 unspecified atom stereocenters. The zero-order valence-corrected chi connectivity index (χ0v) is 26.5. The minimum atomic E-state index is -1.35. The summed E-state index contributed by atoms with van der Waals surface area (Å²) in [7, 11) is 0. The van der Waals surface area contributed by atoms with Gasteiger partial charge in [0.2, 0.25) is 11.8 Å². The minimum absolute atomic E-state index is 0.112. The number of hydrogen-bond acceptors (Lipinski definition) is 6. The molecule has 9 nitrogen and oxygen atoms in total. The molecule has 10 heteroatoms. The molecule has 5 atom stereocenters. The van der Waals surface area contributed by atoms with Crippen LogP contribution in [0.25, 0.3) is 0 Å².